The largest absolute Gasteiger partial charge is 0.357 e. The van der Waals surface area contributed by atoms with E-state index in [0.29, 0.717) is 6.54 Å². The molecule has 0 aromatic rings. The Morgan fingerprint density at radius 1 is 1.44 bits per heavy atom. The van der Waals surface area contributed by atoms with E-state index in [1.807, 2.05) is 0 Å². The average Bonchev–Trinajstić information content (AvgIpc) is 2.75. The topological polar surface area (TPSA) is 84.2 Å². The minimum atomic E-state index is -0.475. The maximum atomic E-state index is 11.9. The lowest BCUT2D eigenvalue weighted by Gasteiger charge is -2.20. The number of carbonyl (C=O) groups is 2. The molecular formula is C11H21N3O2. The molecule has 1 fully saturated rings. The summed E-state index contributed by atoms with van der Waals surface area (Å²) in [6.07, 6.45) is 2.95. The second-order valence-electron chi connectivity index (χ2n) is 4.38. The van der Waals surface area contributed by atoms with Crippen molar-refractivity contribution in [3.05, 3.63) is 0 Å². The first kappa shape index (κ1) is 13.0. The van der Waals surface area contributed by atoms with E-state index in [0.717, 1.165) is 19.3 Å². The monoisotopic (exact) mass is 227 g/mol. The van der Waals surface area contributed by atoms with Crippen LogP contribution in [-0.4, -0.2) is 31.4 Å². The van der Waals surface area contributed by atoms with Gasteiger partial charge in [0, 0.05) is 13.0 Å². The molecule has 0 heterocycles. The lowest BCUT2D eigenvalue weighted by Crippen LogP contribution is -2.46. The molecule has 0 radical (unpaired) electrons. The number of carbonyl (C=O) groups excluding carboxylic acids is 2. The van der Waals surface area contributed by atoms with Gasteiger partial charge < -0.3 is 16.4 Å². The molecule has 1 aliphatic carbocycles. The predicted molar refractivity (Wildman–Crippen MR) is 61.6 cm³/mol. The van der Waals surface area contributed by atoms with E-state index in [-0.39, 0.29) is 23.7 Å². The van der Waals surface area contributed by atoms with Crippen LogP contribution in [0.1, 0.15) is 26.2 Å². The van der Waals surface area contributed by atoms with Gasteiger partial charge in [-0.3, -0.25) is 9.59 Å². The first-order valence-corrected chi connectivity index (χ1v) is 5.82. The van der Waals surface area contributed by atoms with Gasteiger partial charge in [-0.25, -0.2) is 0 Å². The summed E-state index contributed by atoms with van der Waals surface area (Å²) in [4.78, 5) is 23.2. The molecule has 0 aliphatic heterocycles. The third-order valence-electron chi connectivity index (χ3n) is 3.30. The van der Waals surface area contributed by atoms with Gasteiger partial charge in [-0.1, -0.05) is 6.42 Å². The zero-order valence-electron chi connectivity index (χ0n) is 9.95. The van der Waals surface area contributed by atoms with Gasteiger partial charge in [0.1, 0.15) is 6.04 Å². The molecule has 5 heteroatoms. The van der Waals surface area contributed by atoms with Gasteiger partial charge in [-0.2, -0.15) is 0 Å². The summed E-state index contributed by atoms with van der Waals surface area (Å²) in [6, 6.07) is -0.475. The second-order valence-corrected chi connectivity index (χ2v) is 4.38. The van der Waals surface area contributed by atoms with Gasteiger partial charge in [0.2, 0.25) is 11.8 Å². The Morgan fingerprint density at radius 3 is 2.69 bits per heavy atom. The number of likely N-dealkylation sites (N-methyl/N-ethyl adjacent to an activating group) is 1. The van der Waals surface area contributed by atoms with E-state index < -0.39 is 6.04 Å². The van der Waals surface area contributed by atoms with Crippen molar-refractivity contribution in [3.8, 4) is 0 Å². The van der Waals surface area contributed by atoms with Crippen molar-refractivity contribution in [1.82, 2.24) is 10.6 Å². The second kappa shape index (κ2) is 5.84. The molecule has 0 bridgehead atoms. The van der Waals surface area contributed by atoms with Gasteiger partial charge in [0.25, 0.3) is 0 Å². The van der Waals surface area contributed by atoms with Crippen LogP contribution in [-0.2, 0) is 9.59 Å². The molecule has 0 aromatic carbocycles. The van der Waals surface area contributed by atoms with Crippen LogP contribution in [0.2, 0.25) is 0 Å². The van der Waals surface area contributed by atoms with Gasteiger partial charge in [0.15, 0.2) is 0 Å². The number of amides is 2. The first-order chi connectivity index (χ1) is 7.60. The molecule has 4 N–H and O–H groups in total. The van der Waals surface area contributed by atoms with Crippen molar-refractivity contribution in [2.45, 2.75) is 32.2 Å². The molecule has 1 aliphatic rings. The highest BCUT2D eigenvalue weighted by molar-refractivity contribution is 5.88. The van der Waals surface area contributed by atoms with Crippen molar-refractivity contribution in [2.75, 3.05) is 13.6 Å². The fraction of sp³-hybridized carbons (Fsp3) is 0.818. The number of hydrogen-bond acceptors (Lipinski definition) is 3. The fourth-order valence-corrected chi connectivity index (χ4v) is 2.27. The number of hydrogen-bond donors (Lipinski definition) is 3. The van der Waals surface area contributed by atoms with E-state index >= 15 is 0 Å². The average molecular weight is 227 g/mol. The Kier molecular flexibility index (Phi) is 4.73. The number of nitrogens with two attached hydrogens (primary N) is 1. The highest BCUT2D eigenvalue weighted by Gasteiger charge is 2.32. The van der Waals surface area contributed by atoms with Crippen LogP contribution < -0.4 is 16.4 Å². The molecule has 3 atom stereocenters. The minimum Gasteiger partial charge on any atom is -0.357 e. The maximum absolute atomic E-state index is 11.9. The summed E-state index contributed by atoms with van der Waals surface area (Å²) >= 11 is 0. The molecule has 0 aromatic heterocycles. The Balaban J connectivity index is 2.48. The normalized spacial score (nSPS) is 26.2. The molecule has 2 amide bonds. The molecule has 0 spiro atoms. The number of rotatable bonds is 4. The Bertz CT molecular complexity index is 268. The predicted octanol–water partition coefficient (Wildman–Crippen LogP) is -0.388. The van der Waals surface area contributed by atoms with E-state index in [4.69, 9.17) is 5.73 Å². The smallest absolute Gasteiger partial charge is 0.242 e. The molecule has 92 valence electrons. The van der Waals surface area contributed by atoms with Crippen molar-refractivity contribution in [3.63, 3.8) is 0 Å². The van der Waals surface area contributed by atoms with Crippen molar-refractivity contribution < 1.29 is 9.59 Å². The minimum absolute atomic E-state index is 0.0166. The van der Waals surface area contributed by atoms with Crippen LogP contribution in [0.3, 0.4) is 0 Å². The van der Waals surface area contributed by atoms with Gasteiger partial charge in [0.05, 0.1) is 0 Å². The van der Waals surface area contributed by atoms with Crippen molar-refractivity contribution in [2.24, 2.45) is 17.6 Å². The van der Waals surface area contributed by atoms with Crippen LogP contribution in [0.4, 0.5) is 0 Å². The fourth-order valence-electron chi connectivity index (χ4n) is 2.27. The van der Waals surface area contributed by atoms with Gasteiger partial charge in [-0.05, 0) is 32.2 Å². The molecular weight excluding hydrogens is 206 g/mol. The zero-order chi connectivity index (χ0) is 12.1. The first-order valence-electron chi connectivity index (χ1n) is 5.82. The summed E-state index contributed by atoms with van der Waals surface area (Å²) < 4.78 is 0. The zero-order valence-corrected chi connectivity index (χ0v) is 9.95. The van der Waals surface area contributed by atoms with Crippen LogP contribution in [0.15, 0.2) is 0 Å². The quantitative estimate of drug-likeness (QED) is 0.611. The van der Waals surface area contributed by atoms with Gasteiger partial charge in [-0.15, -0.1) is 0 Å². The highest BCUT2D eigenvalue weighted by Crippen LogP contribution is 2.30. The van der Waals surface area contributed by atoms with Crippen molar-refractivity contribution in [1.29, 1.82) is 0 Å². The molecule has 0 saturated heterocycles. The van der Waals surface area contributed by atoms with E-state index in [9.17, 15) is 9.59 Å². The summed E-state index contributed by atoms with van der Waals surface area (Å²) in [7, 11) is 1.56. The Hall–Kier alpha value is -1.10. The lowest BCUT2D eigenvalue weighted by molar-refractivity contribution is -0.131. The third-order valence-corrected chi connectivity index (χ3v) is 3.30. The van der Waals surface area contributed by atoms with E-state index in [1.165, 1.54) is 0 Å². The highest BCUT2D eigenvalue weighted by atomic mass is 16.2. The Morgan fingerprint density at radius 2 is 2.12 bits per heavy atom. The van der Waals surface area contributed by atoms with Crippen molar-refractivity contribution >= 4 is 11.8 Å². The summed E-state index contributed by atoms with van der Waals surface area (Å²) in [5, 5.41) is 5.24. The molecule has 5 nitrogen and oxygen atoms in total. The molecule has 16 heavy (non-hydrogen) atoms. The summed E-state index contributed by atoms with van der Waals surface area (Å²) in [5.74, 6) is 0.0497. The van der Waals surface area contributed by atoms with Crippen LogP contribution in [0.5, 0.6) is 0 Å². The lowest BCUT2D eigenvalue weighted by atomic mass is 9.95. The van der Waals surface area contributed by atoms with Crippen LogP contribution in [0, 0.1) is 11.8 Å². The van der Waals surface area contributed by atoms with Crippen LogP contribution in [0.25, 0.3) is 0 Å². The van der Waals surface area contributed by atoms with E-state index in [2.05, 4.69) is 10.6 Å². The Labute approximate surface area is 96.1 Å². The maximum Gasteiger partial charge on any atom is 0.242 e. The van der Waals surface area contributed by atoms with Crippen LogP contribution >= 0.6 is 0 Å². The van der Waals surface area contributed by atoms with E-state index in [1.54, 1.807) is 14.0 Å². The molecule has 0 unspecified atom stereocenters. The standard InChI is InChI=1S/C11H21N3O2/c1-7(10(15)13-2)14-11(16)9-5-3-4-8(9)6-12/h7-9H,3-6,12H2,1-2H3,(H,13,15)(H,14,16)/t7-,8-,9-/m1/s1. The summed E-state index contributed by atoms with van der Waals surface area (Å²) in [6.45, 7) is 2.23. The summed E-state index contributed by atoms with van der Waals surface area (Å²) in [5.41, 5.74) is 5.62. The SMILES string of the molecule is CNC(=O)[C@@H](C)NC(=O)[C@@H]1CCC[C@@H]1CN. The molecule has 1 rings (SSSR count). The van der Waals surface area contributed by atoms with Gasteiger partial charge >= 0.3 is 0 Å². The number of nitrogens with one attached hydrogen (secondary N) is 2. The molecule has 1 saturated carbocycles. The third kappa shape index (κ3) is 2.95.